The number of rotatable bonds is 5. The highest BCUT2D eigenvalue weighted by Gasteiger charge is 2.13. The molecule has 0 N–H and O–H groups in total. The molecule has 2 rings (SSSR count). The van der Waals surface area contributed by atoms with Crippen LogP contribution >= 0.6 is 39.1 Å². The second kappa shape index (κ2) is 7.36. The van der Waals surface area contributed by atoms with E-state index in [1.807, 2.05) is 0 Å². The van der Waals surface area contributed by atoms with Gasteiger partial charge in [-0.05, 0) is 58.7 Å². The van der Waals surface area contributed by atoms with Crippen LogP contribution in [0.2, 0.25) is 10.0 Å². The van der Waals surface area contributed by atoms with Gasteiger partial charge in [0.1, 0.15) is 17.3 Å². The van der Waals surface area contributed by atoms with Gasteiger partial charge in [0, 0.05) is 6.42 Å². The zero-order valence-corrected chi connectivity index (χ0v) is 15.1. The fraction of sp³-hybridized carbons (Fsp3) is 0.188. The zero-order chi connectivity index (χ0) is 16.3. The highest BCUT2D eigenvalue weighted by atomic mass is 79.9. The van der Waals surface area contributed by atoms with Crippen LogP contribution in [0.4, 0.5) is 0 Å². The summed E-state index contributed by atoms with van der Waals surface area (Å²) in [6, 6.07) is 8.64. The monoisotopic (exact) mass is 402 g/mol. The summed E-state index contributed by atoms with van der Waals surface area (Å²) in [4.78, 5) is 11.2. The Morgan fingerprint density at radius 3 is 2.32 bits per heavy atom. The van der Waals surface area contributed by atoms with Gasteiger partial charge in [0.25, 0.3) is 0 Å². The number of carbonyl (C=O) groups excluding carboxylic acids is 1. The van der Waals surface area contributed by atoms with Crippen LogP contribution in [-0.2, 0) is 11.2 Å². The number of Topliss-reactive ketones (excluding diaryl/α,β-unsaturated/α-hetero) is 1. The third-order valence-electron chi connectivity index (χ3n) is 2.85. The minimum absolute atomic E-state index is 0.0416. The first-order valence-electron chi connectivity index (χ1n) is 6.39. The molecule has 0 atom stereocenters. The number of benzene rings is 2. The maximum absolute atomic E-state index is 11.2. The molecule has 0 aliphatic rings. The predicted molar refractivity (Wildman–Crippen MR) is 91.6 cm³/mol. The van der Waals surface area contributed by atoms with Gasteiger partial charge in [-0.1, -0.05) is 23.2 Å². The number of methoxy groups -OCH3 is 1. The molecular weight excluding hydrogens is 391 g/mol. The van der Waals surface area contributed by atoms with Gasteiger partial charge in [-0.2, -0.15) is 0 Å². The molecule has 0 fully saturated rings. The van der Waals surface area contributed by atoms with Crippen LogP contribution in [0.1, 0.15) is 12.5 Å². The summed E-state index contributed by atoms with van der Waals surface area (Å²) in [7, 11) is 1.59. The lowest BCUT2D eigenvalue weighted by Crippen LogP contribution is -1.97. The molecule has 3 nitrogen and oxygen atoms in total. The van der Waals surface area contributed by atoms with Crippen LogP contribution in [-0.4, -0.2) is 12.9 Å². The fourth-order valence-electron chi connectivity index (χ4n) is 1.93. The molecule has 0 bridgehead atoms. The van der Waals surface area contributed by atoms with Gasteiger partial charge in [-0.3, -0.25) is 4.79 Å². The normalized spacial score (nSPS) is 10.4. The predicted octanol–water partition coefficient (Wildman–Crippen LogP) is 5.69. The SMILES string of the molecule is COc1ccc(Oc2c(Cl)cc(CC(C)=O)cc2Cl)cc1Br. The van der Waals surface area contributed by atoms with Crippen molar-refractivity contribution in [1.82, 2.24) is 0 Å². The minimum atomic E-state index is 0.0416. The van der Waals surface area contributed by atoms with Crippen LogP contribution < -0.4 is 9.47 Å². The molecule has 0 spiro atoms. The Hall–Kier alpha value is -1.23. The standard InChI is InChI=1S/C16H13BrCl2O3/c1-9(20)5-10-6-13(18)16(14(19)7-10)22-11-3-4-15(21-2)12(17)8-11/h3-4,6-8H,5H2,1-2H3. The topological polar surface area (TPSA) is 35.5 Å². The zero-order valence-electron chi connectivity index (χ0n) is 12.0. The third kappa shape index (κ3) is 4.15. The summed E-state index contributed by atoms with van der Waals surface area (Å²) in [5.74, 6) is 1.66. The molecule has 0 aliphatic heterocycles. The van der Waals surface area contributed by atoms with E-state index < -0.39 is 0 Å². The lowest BCUT2D eigenvalue weighted by atomic mass is 10.1. The molecule has 0 heterocycles. The quantitative estimate of drug-likeness (QED) is 0.643. The number of halogens is 3. The maximum Gasteiger partial charge on any atom is 0.164 e. The van der Waals surface area contributed by atoms with Crippen molar-refractivity contribution < 1.29 is 14.3 Å². The van der Waals surface area contributed by atoms with E-state index in [9.17, 15) is 4.79 Å². The van der Waals surface area contributed by atoms with Crippen molar-refractivity contribution in [3.05, 3.63) is 50.4 Å². The first-order valence-corrected chi connectivity index (χ1v) is 7.94. The van der Waals surface area contributed by atoms with Crippen LogP contribution in [0, 0.1) is 0 Å². The lowest BCUT2D eigenvalue weighted by molar-refractivity contribution is -0.116. The second-order valence-corrected chi connectivity index (χ2v) is 6.33. The fourth-order valence-corrected chi connectivity index (χ4v) is 3.06. The van der Waals surface area contributed by atoms with Crippen molar-refractivity contribution >= 4 is 44.9 Å². The van der Waals surface area contributed by atoms with Gasteiger partial charge >= 0.3 is 0 Å². The van der Waals surface area contributed by atoms with Crippen LogP contribution in [0.5, 0.6) is 17.2 Å². The van der Waals surface area contributed by atoms with Crippen molar-refractivity contribution in [3.8, 4) is 17.2 Å². The van der Waals surface area contributed by atoms with Gasteiger partial charge in [0.2, 0.25) is 0 Å². The Bertz CT molecular complexity index is 694. The molecule has 0 aromatic heterocycles. The van der Waals surface area contributed by atoms with E-state index >= 15 is 0 Å². The molecule has 0 radical (unpaired) electrons. The molecule has 0 saturated carbocycles. The number of hydrogen-bond acceptors (Lipinski definition) is 3. The van der Waals surface area contributed by atoms with Crippen molar-refractivity contribution in [2.75, 3.05) is 7.11 Å². The van der Waals surface area contributed by atoms with Crippen LogP contribution in [0.25, 0.3) is 0 Å². The maximum atomic E-state index is 11.2. The summed E-state index contributed by atoms with van der Waals surface area (Å²) in [5.41, 5.74) is 0.755. The van der Waals surface area contributed by atoms with E-state index in [-0.39, 0.29) is 12.2 Å². The Morgan fingerprint density at radius 1 is 1.18 bits per heavy atom. The van der Waals surface area contributed by atoms with Crippen molar-refractivity contribution in [1.29, 1.82) is 0 Å². The number of hydrogen-bond donors (Lipinski definition) is 0. The Morgan fingerprint density at radius 2 is 1.82 bits per heavy atom. The van der Waals surface area contributed by atoms with Gasteiger partial charge in [-0.15, -0.1) is 0 Å². The average molecular weight is 404 g/mol. The molecule has 0 saturated heterocycles. The summed E-state index contributed by atoms with van der Waals surface area (Å²) >= 11 is 15.8. The first-order chi connectivity index (χ1) is 10.4. The first kappa shape index (κ1) is 17.1. The van der Waals surface area contributed by atoms with Gasteiger partial charge in [0.15, 0.2) is 5.75 Å². The number of ketones is 1. The molecule has 2 aromatic carbocycles. The van der Waals surface area contributed by atoms with E-state index in [1.54, 1.807) is 37.4 Å². The van der Waals surface area contributed by atoms with Crippen LogP contribution in [0.3, 0.4) is 0 Å². The molecule has 22 heavy (non-hydrogen) atoms. The molecule has 0 unspecified atom stereocenters. The van der Waals surface area contributed by atoms with Crippen molar-refractivity contribution in [2.24, 2.45) is 0 Å². The van der Waals surface area contributed by atoms with E-state index in [4.69, 9.17) is 32.7 Å². The summed E-state index contributed by atoms with van der Waals surface area (Å²) < 4.78 is 11.7. The number of carbonyl (C=O) groups is 1. The molecule has 0 aliphatic carbocycles. The molecule has 116 valence electrons. The van der Waals surface area contributed by atoms with E-state index in [0.717, 1.165) is 10.0 Å². The average Bonchev–Trinajstić information content (AvgIpc) is 2.42. The third-order valence-corrected chi connectivity index (χ3v) is 4.04. The van der Waals surface area contributed by atoms with Gasteiger partial charge in [-0.25, -0.2) is 0 Å². The van der Waals surface area contributed by atoms with E-state index in [0.29, 0.717) is 27.3 Å². The van der Waals surface area contributed by atoms with E-state index in [1.165, 1.54) is 6.92 Å². The Kier molecular flexibility index (Phi) is 5.73. The highest BCUT2D eigenvalue weighted by Crippen LogP contribution is 2.39. The summed E-state index contributed by atoms with van der Waals surface area (Å²) in [6.45, 7) is 1.51. The summed E-state index contributed by atoms with van der Waals surface area (Å²) in [5, 5.41) is 0.714. The van der Waals surface area contributed by atoms with E-state index in [2.05, 4.69) is 15.9 Å². The summed E-state index contributed by atoms with van der Waals surface area (Å²) in [6.07, 6.45) is 0.286. The molecule has 6 heteroatoms. The van der Waals surface area contributed by atoms with Crippen molar-refractivity contribution in [2.45, 2.75) is 13.3 Å². The number of ether oxygens (including phenoxy) is 2. The van der Waals surface area contributed by atoms with Gasteiger partial charge in [0.05, 0.1) is 21.6 Å². The minimum Gasteiger partial charge on any atom is -0.496 e. The largest absolute Gasteiger partial charge is 0.496 e. The Balaban J connectivity index is 2.29. The lowest BCUT2D eigenvalue weighted by Gasteiger charge is -2.12. The second-order valence-electron chi connectivity index (χ2n) is 4.67. The van der Waals surface area contributed by atoms with Crippen LogP contribution in [0.15, 0.2) is 34.8 Å². The molecule has 2 aromatic rings. The molecular formula is C16H13BrCl2O3. The highest BCUT2D eigenvalue weighted by molar-refractivity contribution is 9.10. The van der Waals surface area contributed by atoms with Gasteiger partial charge < -0.3 is 9.47 Å². The smallest absolute Gasteiger partial charge is 0.164 e. The Labute approximate surface area is 147 Å². The molecule has 0 amide bonds. The van der Waals surface area contributed by atoms with Crippen molar-refractivity contribution in [3.63, 3.8) is 0 Å².